The van der Waals surface area contributed by atoms with Gasteiger partial charge in [-0.3, -0.25) is 9.59 Å². The number of ketones is 1. The molecule has 2 aromatic carbocycles. The van der Waals surface area contributed by atoms with E-state index >= 15 is 0 Å². The molecule has 0 aromatic heterocycles. The minimum Gasteiger partial charge on any atom is -0.489 e. The highest BCUT2D eigenvalue weighted by Gasteiger charge is 2.36. The second-order valence-electron chi connectivity index (χ2n) is 5.56. The summed E-state index contributed by atoms with van der Waals surface area (Å²) in [6.07, 6.45) is 0.722. The molecule has 0 aliphatic carbocycles. The second-order valence-corrected chi connectivity index (χ2v) is 5.56. The molecule has 0 radical (unpaired) electrons. The molecule has 112 valence electrons. The van der Waals surface area contributed by atoms with E-state index in [4.69, 9.17) is 9.47 Å². The van der Waals surface area contributed by atoms with Gasteiger partial charge in [-0.2, -0.15) is 0 Å². The number of hydrogen-bond acceptors (Lipinski definition) is 4. The van der Waals surface area contributed by atoms with Crippen LogP contribution in [0, 0.1) is 0 Å². The van der Waals surface area contributed by atoms with Crippen molar-refractivity contribution in [1.82, 2.24) is 0 Å². The fourth-order valence-corrected chi connectivity index (χ4v) is 2.41. The van der Waals surface area contributed by atoms with Gasteiger partial charge in [0.25, 0.3) is 0 Å². The first-order valence-electron chi connectivity index (χ1n) is 7.09. The zero-order chi connectivity index (χ0) is 15.6. The molecular formula is C18H16O4. The molecule has 2 aromatic rings. The Labute approximate surface area is 128 Å². The van der Waals surface area contributed by atoms with Gasteiger partial charge in [-0.25, -0.2) is 0 Å². The van der Waals surface area contributed by atoms with Gasteiger partial charge in [-0.1, -0.05) is 30.3 Å². The molecule has 4 heteroatoms. The molecule has 1 heterocycles. The Bertz CT molecular complexity index is 708. The molecule has 1 atom stereocenters. The van der Waals surface area contributed by atoms with E-state index in [1.807, 2.05) is 30.3 Å². The molecule has 4 nitrogen and oxygen atoms in total. The summed E-state index contributed by atoms with van der Waals surface area (Å²) in [6.45, 7) is 2.04. The van der Waals surface area contributed by atoms with Crippen molar-refractivity contribution in [1.29, 1.82) is 0 Å². The summed E-state index contributed by atoms with van der Waals surface area (Å²) in [4.78, 5) is 23.3. The molecule has 0 fully saturated rings. The standard InChI is InChI=1S/C18H16O4/c1-18(12-19)10-16(20)15-9-14(7-8-17(15)22-18)21-11-13-5-3-2-4-6-13/h2-9,12H,10-11H2,1H3. The van der Waals surface area contributed by atoms with Gasteiger partial charge >= 0.3 is 0 Å². The highest BCUT2D eigenvalue weighted by atomic mass is 16.5. The number of benzene rings is 2. The Hall–Kier alpha value is -2.62. The summed E-state index contributed by atoms with van der Waals surface area (Å²) in [7, 11) is 0. The van der Waals surface area contributed by atoms with E-state index in [0.29, 0.717) is 30.0 Å². The normalized spacial score (nSPS) is 20.0. The lowest BCUT2D eigenvalue weighted by atomic mass is 9.92. The number of carbonyl (C=O) groups excluding carboxylic acids is 2. The molecule has 0 N–H and O–H groups in total. The number of fused-ring (bicyclic) bond motifs is 1. The molecule has 3 rings (SSSR count). The molecule has 0 bridgehead atoms. The summed E-state index contributed by atoms with van der Waals surface area (Å²) >= 11 is 0. The van der Waals surface area contributed by atoms with Crippen LogP contribution in [0.15, 0.2) is 48.5 Å². The molecule has 1 unspecified atom stereocenters. The van der Waals surface area contributed by atoms with Gasteiger partial charge in [0, 0.05) is 0 Å². The summed E-state index contributed by atoms with van der Waals surface area (Å²) in [5.41, 5.74) is 0.442. The Morgan fingerprint density at radius 2 is 2.00 bits per heavy atom. The van der Waals surface area contributed by atoms with Gasteiger partial charge in [0.15, 0.2) is 17.7 Å². The summed E-state index contributed by atoms with van der Waals surface area (Å²) < 4.78 is 11.3. The number of aldehydes is 1. The van der Waals surface area contributed by atoms with E-state index in [2.05, 4.69) is 0 Å². The van der Waals surface area contributed by atoms with Crippen LogP contribution in [-0.2, 0) is 11.4 Å². The average Bonchev–Trinajstić information content (AvgIpc) is 2.54. The second kappa shape index (κ2) is 5.64. The third-order valence-corrected chi connectivity index (χ3v) is 3.60. The molecular weight excluding hydrogens is 280 g/mol. The third kappa shape index (κ3) is 2.86. The Morgan fingerprint density at radius 1 is 1.23 bits per heavy atom. The van der Waals surface area contributed by atoms with E-state index in [9.17, 15) is 9.59 Å². The smallest absolute Gasteiger partial charge is 0.171 e. The molecule has 1 aliphatic rings. The van der Waals surface area contributed by atoms with Crippen LogP contribution in [-0.4, -0.2) is 17.7 Å². The van der Waals surface area contributed by atoms with Crippen LogP contribution in [0.2, 0.25) is 0 Å². The molecule has 1 aliphatic heterocycles. The molecule has 0 saturated heterocycles. The van der Waals surface area contributed by atoms with Gasteiger partial charge in [0.1, 0.15) is 18.1 Å². The summed E-state index contributed by atoms with van der Waals surface area (Å²) in [5, 5.41) is 0. The first-order chi connectivity index (χ1) is 10.6. The SMILES string of the molecule is CC1(C=O)CC(=O)c2cc(OCc3ccccc3)ccc2O1. The van der Waals surface area contributed by atoms with Crippen LogP contribution in [0.3, 0.4) is 0 Å². The maximum absolute atomic E-state index is 12.2. The Morgan fingerprint density at radius 3 is 2.73 bits per heavy atom. The molecule has 0 amide bonds. The highest BCUT2D eigenvalue weighted by molar-refractivity contribution is 6.02. The summed E-state index contributed by atoms with van der Waals surface area (Å²) in [5.74, 6) is 0.924. The first kappa shape index (κ1) is 14.3. The van der Waals surface area contributed by atoms with Crippen molar-refractivity contribution < 1.29 is 19.1 Å². The number of carbonyl (C=O) groups is 2. The van der Waals surface area contributed by atoms with Crippen LogP contribution in [0.25, 0.3) is 0 Å². The number of hydrogen-bond donors (Lipinski definition) is 0. The van der Waals surface area contributed by atoms with Gasteiger partial charge in [-0.05, 0) is 30.7 Å². The van der Waals surface area contributed by atoms with E-state index in [-0.39, 0.29) is 12.2 Å². The molecule has 0 saturated carbocycles. The van der Waals surface area contributed by atoms with Crippen molar-refractivity contribution in [2.24, 2.45) is 0 Å². The van der Waals surface area contributed by atoms with Crippen molar-refractivity contribution in [2.75, 3.05) is 0 Å². The van der Waals surface area contributed by atoms with Gasteiger partial charge in [0.2, 0.25) is 0 Å². The third-order valence-electron chi connectivity index (χ3n) is 3.60. The minimum atomic E-state index is -1.07. The van der Waals surface area contributed by atoms with Crippen molar-refractivity contribution in [3.05, 3.63) is 59.7 Å². The predicted octanol–water partition coefficient (Wildman–Crippen LogP) is 3.19. The van der Waals surface area contributed by atoms with Crippen molar-refractivity contribution in [3.8, 4) is 11.5 Å². The van der Waals surface area contributed by atoms with E-state index in [1.54, 1.807) is 25.1 Å². The lowest BCUT2D eigenvalue weighted by molar-refractivity contribution is -0.120. The fourth-order valence-electron chi connectivity index (χ4n) is 2.41. The maximum atomic E-state index is 12.2. The average molecular weight is 296 g/mol. The van der Waals surface area contributed by atoms with E-state index in [0.717, 1.165) is 5.56 Å². The zero-order valence-electron chi connectivity index (χ0n) is 12.2. The van der Waals surface area contributed by atoms with Crippen molar-refractivity contribution >= 4 is 12.1 Å². The Kier molecular flexibility index (Phi) is 3.67. The highest BCUT2D eigenvalue weighted by Crippen LogP contribution is 2.34. The van der Waals surface area contributed by atoms with E-state index < -0.39 is 5.60 Å². The van der Waals surface area contributed by atoms with Gasteiger partial charge in [-0.15, -0.1) is 0 Å². The van der Waals surface area contributed by atoms with Crippen LogP contribution in [0.4, 0.5) is 0 Å². The van der Waals surface area contributed by atoms with Gasteiger partial charge < -0.3 is 9.47 Å². The zero-order valence-corrected chi connectivity index (χ0v) is 12.2. The van der Waals surface area contributed by atoms with Crippen LogP contribution >= 0.6 is 0 Å². The fraction of sp³-hybridized carbons (Fsp3) is 0.222. The first-order valence-corrected chi connectivity index (χ1v) is 7.09. The predicted molar refractivity (Wildman–Crippen MR) is 81.3 cm³/mol. The van der Waals surface area contributed by atoms with Gasteiger partial charge in [0.05, 0.1) is 12.0 Å². The van der Waals surface area contributed by atoms with Crippen molar-refractivity contribution in [2.45, 2.75) is 25.6 Å². The quantitative estimate of drug-likeness (QED) is 0.813. The van der Waals surface area contributed by atoms with E-state index in [1.165, 1.54) is 0 Å². The maximum Gasteiger partial charge on any atom is 0.171 e. The molecule has 0 spiro atoms. The van der Waals surface area contributed by atoms with Crippen molar-refractivity contribution in [3.63, 3.8) is 0 Å². The lowest BCUT2D eigenvalue weighted by Crippen LogP contribution is -2.40. The number of ether oxygens (including phenoxy) is 2. The minimum absolute atomic E-state index is 0.0473. The monoisotopic (exact) mass is 296 g/mol. The Balaban J connectivity index is 1.78. The largest absolute Gasteiger partial charge is 0.489 e. The number of Topliss-reactive ketones (excluding diaryl/α,β-unsaturated/α-hetero) is 1. The van der Waals surface area contributed by atoms with Crippen LogP contribution in [0.1, 0.15) is 29.3 Å². The topological polar surface area (TPSA) is 52.6 Å². The van der Waals surface area contributed by atoms with Crippen LogP contribution in [0.5, 0.6) is 11.5 Å². The molecule has 22 heavy (non-hydrogen) atoms. The summed E-state index contributed by atoms with van der Waals surface area (Å²) in [6, 6.07) is 14.9. The lowest BCUT2D eigenvalue weighted by Gasteiger charge is -2.30. The van der Waals surface area contributed by atoms with Crippen LogP contribution < -0.4 is 9.47 Å². The number of rotatable bonds is 4.